The van der Waals surface area contributed by atoms with Gasteiger partial charge in [0.05, 0.1) is 16.7 Å². The van der Waals surface area contributed by atoms with Crippen molar-refractivity contribution in [2.75, 3.05) is 0 Å². The van der Waals surface area contributed by atoms with E-state index < -0.39 is 10.5 Å². The summed E-state index contributed by atoms with van der Waals surface area (Å²) in [5, 5.41) is 13.0. The zero-order chi connectivity index (χ0) is 11.7. The van der Waals surface area contributed by atoms with Crippen LogP contribution in [0.15, 0.2) is 33.6 Å². The van der Waals surface area contributed by atoms with E-state index in [9.17, 15) is 14.9 Å². The Morgan fingerprint density at radius 3 is 2.69 bits per heavy atom. The quantitative estimate of drug-likeness (QED) is 0.644. The molecule has 0 aliphatic heterocycles. The highest BCUT2D eigenvalue weighted by Crippen LogP contribution is 2.28. The van der Waals surface area contributed by atoms with Crippen molar-refractivity contribution in [3.63, 3.8) is 0 Å². The summed E-state index contributed by atoms with van der Waals surface area (Å²) in [4.78, 5) is 20.8. The lowest BCUT2D eigenvalue weighted by Gasteiger charge is -1.98. The maximum absolute atomic E-state index is 10.8. The van der Waals surface area contributed by atoms with Gasteiger partial charge in [-0.3, -0.25) is 10.1 Å². The maximum Gasteiger partial charge on any atom is 0.357 e. The van der Waals surface area contributed by atoms with Crippen LogP contribution in [0.4, 0.5) is 5.69 Å². The van der Waals surface area contributed by atoms with E-state index in [2.05, 4.69) is 9.68 Å². The van der Waals surface area contributed by atoms with E-state index in [0.29, 0.717) is 11.3 Å². The molecule has 0 aliphatic rings. The highest BCUT2D eigenvalue weighted by molar-refractivity contribution is 6.32. The number of nitro groups is 1. The summed E-state index contributed by atoms with van der Waals surface area (Å²) in [7, 11) is 0. The van der Waals surface area contributed by atoms with Crippen LogP contribution in [0.5, 0.6) is 0 Å². The molecule has 2 rings (SSSR count). The molecule has 0 unspecified atom stereocenters. The van der Waals surface area contributed by atoms with Crippen molar-refractivity contribution < 1.29 is 9.45 Å². The topological polar surface area (TPSA) is 89.1 Å². The molecule has 82 valence electrons. The Hall–Kier alpha value is -2.08. The first-order valence-electron chi connectivity index (χ1n) is 4.21. The Morgan fingerprint density at radius 1 is 1.38 bits per heavy atom. The Labute approximate surface area is 93.6 Å². The third-order valence-electron chi connectivity index (χ3n) is 1.98. The fourth-order valence-electron chi connectivity index (χ4n) is 1.24. The fraction of sp³-hybridized carbons (Fsp3) is 0. The van der Waals surface area contributed by atoms with Crippen LogP contribution >= 0.6 is 11.6 Å². The molecule has 16 heavy (non-hydrogen) atoms. The highest BCUT2D eigenvalue weighted by atomic mass is 35.5. The fourth-order valence-corrected chi connectivity index (χ4v) is 1.43. The molecule has 1 heterocycles. The molecule has 0 bridgehead atoms. The third-order valence-corrected chi connectivity index (χ3v) is 2.30. The van der Waals surface area contributed by atoms with Gasteiger partial charge >= 0.3 is 5.63 Å². The Balaban J connectivity index is 2.55. The zero-order valence-corrected chi connectivity index (χ0v) is 8.52. The van der Waals surface area contributed by atoms with Crippen LogP contribution in [-0.2, 0) is 0 Å². The minimum absolute atomic E-state index is 0.0413. The number of aromatic nitrogens is 1. The molecule has 0 saturated carbocycles. The van der Waals surface area contributed by atoms with Crippen LogP contribution < -0.4 is 5.63 Å². The first-order chi connectivity index (χ1) is 7.58. The molecule has 0 spiro atoms. The van der Waals surface area contributed by atoms with Gasteiger partial charge in [-0.15, -0.1) is 0 Å². The van der Waals surface area contributed by atoms with Crippen molar-refractivity contribution in [1.82, 2.24) is 5.16 Å². The molecule has 0 fully saturated rings. The summed E-state index contributed by atoms with van der Waals surface area (Å²) in [5.41, 5.74) is 0.0561. The van der Waals surface area contributed by atoms with Crippen LogP contribution in [-0.4, -0.2) is 10.1 Å². The second-order valence-electron chi connectivity index (χ2n) is 3.00. The van der Waals surface area contributed by atoms with Gasteiger partial charge < -0.3 is 4.52 Å². The number of nitro benzene ring substituents is 1. The SMILES string of the molecule is O=c1cc(-c2ccc(Cl)c([N+](=O)[O-])c2)[nH]o1. The van der Waals surface area contributed by atoms with Crippen molar-refractivity contribution in [2.24, 2.45) is 0 Å². The molecule has 0 aliphatic carbocycles. The number of halogens is 1. The summed E-state index contributed by atoms with van der Waals surface area (Å²) in [5.74, 6) is 0. The molecule has 0 saturated heterocycles. The number of hydrogen-bond acceptors (Lipinski definition) is 4. The van der Waals surface area contributed by atoms with Crippen LogP contribution in [0, 0.1) is 10.1 Å². The van der Waals surface area contributed by atoms with Gasteiger partial charge in [0.2, 0.25) is 0 Å². The molecule has 1 aromatic heterocycles. The Morgan fingerprint density at radius 2 is 2.12 bits per heavy atom. The van der Waals surface area contributed by atoms with Gasteiger partial charge in [0.15, 0.2) is 0 Å². The van der Waals surface area contributed by atoms with Gasteiger partial charge in [-0.1, -0.05) is 17.7 Å². The molecular weight excluding hydrogens is 236 g/mol. The average molecular weight is 241 g/mol. The summed E-state index contributed by atoms with van der Waals surface area (Å²) in [6.07, 6.45) is 0. The van der Waals surface area contributed by atoms with Crippen molar-refractivity contribution in [3.05, 3.63) is 49.8 Å². The smallest absolute Gasteiger partial charge is 0.339 e. The van der Waals surface area contributed by atoms with Crippen molar-refractivity contribution in [1.29, 1.82) is 0 Å². The van der Waals surface area contributed by atoms with Crippen molar-refractivity contribution in [3.8, 4) is 11.3 Å². The Bertz CT molecular complexity index is 602. The van der Waals surface area contributed by atoms with Crippen LogP contribution in [0.2, 0.25) is 5.02 Å². The van der Waals surface area contributed by atoms with Crippen LogP contribution in [0.1, 0.15) is 0 Å². The molecule has 0 atom stereocenters. The molecule has 1 aromatic carbocycles. The van der Waals surface area contributed by atoms with E-state index >= 15 is 0 Å². The molecule has 2 aromatic rings. The zero-order valence-electron chi connectivity index (χ0n) is 7.77. The summed E-state index contributed by atoms with van der Waals surface area (Å²) in [6, 6.07) is 5.41. The molecule has 0 amide bonds. The van der Waals surface area contributed by atoms with E-state index in [1.165, 1.54) is 18.2 Å². The van der Waals surface area contributed by atoms with E-state index in [1.54, 1.807) is 6.07 Å². The van der Waals surface area contributed by atoms with E-state index in [0.717, 1.165) is 0 Å². The van der Waals surface area contributed by atoms with Gasteiger partial charge in [-0.25, -0.2) is 9.95 Å². The number of rotatable bonds is 2. The lowest BCUT2D eigenvalue weighted by Crippen LogP contribution is -1.90. The van der Waals surface area contributed by atoms with Gasteiger partial charge in [0, 0.05) is 11.6 Å². The first kappa shape index (κ1) is 10.4. The van der Waals surface area contributed by atoms with Crippen molar-refractivity contribution >= 4 is 17.3 Å². The number of benzene rings is 1. The van der Waals surface area contributed by atoms with Gasteiger partial charge in [-0.2, -0.15) is 0 Å². The van der Waals surface area contributed by atoms with Crippen LogP contribution in [0.3, 0.4) is 0 Å². The van der Waals surface area contributed by atoms with E-state index in [1.807, 2.05) is 0 Å². The predicted molar refractivity (Wildman–Crippen MR) is 56.4 cm³/mol. The lowest BCUT2D eigenvalue weighted by molar-refractivity contribution is -0.384. The number of hydrogen-bond donors (Lipinski definition) is 1. The summed E-state index contributed by atoms with van der Waals surface area (Å²) >= 11 is 5.65. The highest BCUT2D eigenvalue weighted by Gasteiger charge is 2.14. The monoisotopic (exact) mass is 240 g/mol. The standard InChI is InChI=1S/C9H5ClN2O4/c10-6-2-1-5(3-8(6)12(14)15)7-4-9(13)16-11-7/h1-4,11H. The number of aromatic amines is 1. The van der Waals surface area contributed by atoms with Gasteiger partial charge in [0.25, 0.3) is 5.69 Å². The molecule has 6 nitrogen and oxygen atoms in total. The van der Waals surface area contributed by atoms with Crippen molar-refractivity contribution in [2.45, 2.75) is 0 Å². The number of nitrogens with zero attached hydrogens (tertiary/aromatic N) is 1. The predicted octanol–water partition coefficient (Wildman–Crippen LogP) is 2.20. The van der Waals surface area contributed by atoms with Gasteiger partial charge in [-0.05, 0) is 6.07 Å². The molecule has 0 radical (unpaired) electrons. The number of H-pyrrole nitrogens is 1. The maximum atomic E-state index is 10.8. The number of nitrogens with one attached hydrogen (secondary N) is 1. The summed E-state index contributed by atoms with van der Waals surface area (Å²) < 4.78 is 4.47. The minimum Gasteiger partial charge on any atom is -0.339 e. The normalized spacial score (nSPS) is 10.3. The van der Waals surface area contributed by atoms with Crippen LogP contribution in [0.25, 0.3) is 11.3 Å². The summed E-state index contributed by atoms with van der Waals surface area (Å²) in [6.45, 7) is 0. The molecular formula is C9H5ClN2O4. The van der Waals surface area contributed by atoms with E-state index in [4.69, 9.17) is 11.6 Å². The molecule has 1 N–H and O–H groups in total. The third kappa shape index (κ3) is 1.82. The molecule has 7 heteroatoms. The largest absolute Gasteiger partial charge is 0.357 e. The first-order valence-corrected chi connectivity index (χ1v) is 4.58. The minimum atomic E-state index is -0.593. The second-order valence-corrected chi connectivity index (χ2v) is 3.41. The second kappa shape index (κ2) is 3.82. The lowest BCUT2D eigenvalue weighted by atomic mass is 10.1. The Kier molecular flexibility index (Phi) is 2.49. The van der Waals surface area contributed by atoms with E-state index in [-0.39, 0.29) is 10.7 Å². The van der Waals surface area contributed by atoms with Gasteiger partial charge in [0.1, 0.15) is 5.02 Å². The average Bonchev–Trinajstić information content (AvgIpc) is 2.65.